The van der Waals surface area contributed by atoms with Gasteiger partial charge in [-0.25, -0.2) is 0 Å². The Morgan fingerprint density at radius 3 is 2.95 bits per heavy atom. The largest absolute Gasteiger partial charge is 0.357 e. The van der Waals surface area contributed by atoms with E-state index in [0.29, 0.717) is 12.3 Å². The number of nitrogens with zero attached hydrogens (tertiary/aromatic N) is 2. The van der Waals surface area contributed by atoms with Crippen LogP contribution in [0.25, 0.3) is 0 Å². The monoisotopic (exact) mass is 334 g/mol. The lowest BCUT2D eigenvalue weighted by Crippen LogP contribution is -2.14. The first-order chi connectivity index (χ1) is 10.6. The van der Waals surface area contributed by atoms with Gasteiger partial charge in [-0.3, -0.25) is 4.79 Å². The number of nitrogens with one attached hydrogen (secondary N) is 2. The number of benzene rings is 1. The van der Waals surface area contributed by atoms with Crippen LogP contribution in [-0.4, -0.2) is 28.4 Å². The number of anilines is 2. The van der Waals surface area contributed by atoms with Gasteiger partial charge in [-0.1, -0.05) is 46.9 Å². The van der Waals surface area contributed by atoms with Crippen molar-refractivity contribution in [1.82, 2.24) is 10.2 Å². The summed E-state index contributed by atoms with van der Waals surface area (Å²) in [4.78, 5) is 12.0. The standard InChI is InChI=1S/C15H18N4OS2/c1-4-7-16-14-18-19-15(22-14)21-9-13(20)17-12-6-5-10(2)8-11(12)3/h4-6,8H,1,7,9H2,2-3H3,(H,16,18)(H,17,20). The lowest BCUT2D eigenvalue weighted by atomic mass is 10.1. The number of carbonyl (C=O) groups is 1. The van der Waals surface area contributed by atoms with Crippen LogP contribution in [0.2, 0.25) is 0 Å². The Hall–Kier alpha value is -1.86. The van der Waals surface area contributed by atoms with Crippen LogP contribution in [0.3, 0.4) is 0 Å². The van der Waals surface area contributed by atoms with Crippen LogP contribution in [0.1, 0.15) is 11.1 Å². The molecule has 1 aromatic heterocycles. The number of aryl methyl sites for hydroxylation is 2. The maximum Gasteiger partial charge on any atom is 0.234 e. The molecule has 1 heterocycles. The van der Waals surface area contributed by atoms with Gasteiger partial charge in [-0.15, -0.1) is 16.8 Å². The van der Waals surface area contributed by atoms with Gasteiger partial charge < -0.3 is 10.6 Å². The molecule has 1 aromatic carbocycles. The molecule has 0 aliphatic heterocycles. The van der Waals surface area contributed by atoms with Crippen molar-refractivity contribution in [1.29, 1.82) is 0 Å². The van der Waals surface area contributed by atoms with E-state index in [2.05, 4.69) is 27.4 Å². The fourth-order valence-corrected chi connectivity index (χ4v) is 3.33. The first-order valence-corrected chi connectivity index (χ1v) is 8.57. The number of thioether (sulfide) groups is 1. The molecule has 0 bridgehead atoms. The maximum atomic E-state index is 12.0. The van der Waals surface area contributed by atoms with Crippen LogP contribution in [0, 0.1) is 13.8 Å². The van der Waals surface area contributed by atoms with Gasteiger partial charge in [0, 0.05) is 12.2 Å². The summed E-state index contributed by atoms with van der Waals surface area (Å²) in [6.45, 7) is 8.29. The zero-order valence-electron chi connectivity index (χ0n) is 12.5. The Balaban J connectivity index is 1.84. The van der Waals surface area contributed by atoms with E-state index in [1.165, 1.54) is 28.7 Å². The normalized spacial score (nSPS) is 10.3. The third-order valence-electron chi connectivity index (χ3n) is 2.79. The number of carbonyl (C=O) groups excluding carboxylic acids is 1. The van der Waals surface area contributed by atoms with Crippen LogP contribution < -0.4 is 10.6 Å². The average Bonchev–Trinajstić information content (AvgIpc) is 2.94. The van der Waals surface area contributed by atoms with Gasteiger partial charge >= 0.3 is 0 Å². The Kier molecular flexibility index (Phi) is 5.97. The molecule has 1 amide bonds. The highest BCUT2D eigenvalue weighted by Crippen LogP contribution is 2.25. The molecular formula is C15H18N4OS2. The highest BCUT2D eigenvalue weighted by molar-refractivity contribution is 8.01. The highest BCUT2D eigenvalue weighted by Gasteiger charge is 2.09. The first kappa shape index (κ1) is 16.5. The summed E-state index contributed by atoms with van der Waals surface area (Å²) in [6, 6.07) is 5.96. The molecule has 0 spiro atoms. The van der Waals surface area contributed by atoms with Crippen molar-refractivity contribution >= 4 is 39.8 Å². The van der Waals surface area contributed by atoms with Crippen LogP contribution >= 0.6 is 23.1 Å². The Morgan fingerprint density at radius 2 is 2.23 bits per heavy atom. The Labute approximate surface area is 138 Å². The molecule has 116 valence electrons. The number of hydrogen-bond donors (Lipinski definition) is 2. The molecule has 0 saturated heterocycles. The van der Waals surface area contributed by atoms with E-state index in [1.54, 1.807) is 6.08 Å². The molecule has 2 aromatic rings. The van der Waals surface area contributed by atoms with Gasteiger partial charge in [0.25, 0.3) is 0 Å². The summed E-state index contributed by atoms with van der Waals surface area (Å²) in [5, 5.41) is 14.7. The van der Waals surface area contributed by atoms with E-state index in [1.807, 2.05) is 32.0 Å². The molecule has 2 N–H and O–H groups in total. The lowest BCUT2D eigenvalue weighted by Gasteiger charge is -2.08. The molecule has 5 nitrogen and oxygen atoms in total. The molecule has 0 aliphatic carbocycles. The van der Waals surface area contributed by atoms with E-state index < -0.39 is 0 Å². The maximum absolute atomic E-state index is 12.0. The molecule has 22 heavy (non-hydrogen) atoms. The minimum atomic E-state index is -0.0484. The molecular weight excluding hydrogens is 316 g/mol. The molecule has 7 heteroatoms. The molecule has 0 aliphatic rings. The zero-order chi connectivity index (χ0) is 15.9. The smallest absolute Gasteiger partial charge is 0.234 e. The van der Waals surface area contributed by atoms with Crippen molar-refractivity contribution in [2.24, 2.45) is 0 Å². The summed E-state index contributed by atoms with van der Waals surface area (Å²) in [5.74, 6) is 0.261. The quantitative estimate of drug-likeness (QED) is 0.599. The molecule has 2 rings (SSSR count). The second kappa shape index (κ2) is 7.95. The average molecular weight is 334 g/mol. The van der Waals surface area contributed by atoms with Crippen molar-refractivity contribution in [3.05, 3.63) is 42.0 Å². The molecule has 0 atom stereocenters. The van der Waals surface area contributed by atoms with Crippen LogP contribution in [-0.2, 0) is 4.79 Å². The van der Waals surface area contributed by atoms with E-state index in [0.717, 1.165) is 20.7 Å². The van der Waals surface area contributed by atoms with Gasteiger partial charge in [-0.05, 0) is 25.5 Å². The summed E-state index contributed by atoms with van der Waals surface area (Å²) in [6.07, 6.45) is 1.76. The Morgan fingerprint density at radius 1 is 1.41 bits per heavy atom. The second-order valence-corrected chi connectivity index (χ2v) is 6.90. The fraction of sp³-hybridized carbons (Fsp3) is 0.267. The van der Waals surface area contributed by atoms with Crippen LogP contribution in [0.5, 0.6) is 0 Å². The van der Waals surface area contributed by atoms with Crippen molar-refractivity contribution < 1.29 is 4.79 Å². The van der Waals surface area contributed by atoms with Gasteiger partial charge in [0.05, 0.1) is 5.75 Å². The van der Waals surface area contributed by atoms with Crippen LogP contribution in [0.15, 0.2) is 35.2 Å². The minimum Gasteiger partial charge on any atom is -0.357 e. The van der Waals surface area contributed by atoms with Gasteiger partial charge in [0.1, 0.15) is 0 Å². The van der Waals surface area contributed by atoms with Gasteiger partial charge in [0.2, 0.25) is 11.0 Å². The third kappa shape index (κ3) is 4.85. The SMILES string of the molecule is C=CCNc1nnc(SCC(=O)Nc2ccc(C)cc2C)s1. The predicted octanol–water partition coefficient (Wildman–Crippen LogP) is 3.48. The van der Waals surface area contributed by atoms with Crippen molar-refractivity contribution in [2.75, 3.05) is 22.9 Å². The zero-order valence-corrected chi connectivity index (χ0v) is 14.2. The fourth-order valence-electron chi connectivity index (χ4n) is 1.77. The summed E-state index contributed by atoms with van der Waals surface area (Å²) >= 11 is 2.81. The lowest BCUT2D eigenvalue weighted by molar-refractivity contribution is -0.113. The highest BCUT2D eigenvalue weighted by atomic mass is 32.2. The number of rotatable bonds is 7. The topological polar surface area (TPSA) is 66.9 Å². The van der Waals surface area contributed by atoms with Gasteiger partial charge in [-0.2, -0.15) is 0 Å². The number of aromatic nitrogens is 2. The molecule has 0 saturated carbocycles. The summed E-state index contributed by atoms with van der Waals surface area (Å²) < 4.78 is 0.766. The first-order valence-electron chi connectivity index (χ1n) is 6.76. The van der Waals surface area contributed by atoms with Gasteiger partial charge in [0.15, 0.2) is 4.34 Å². The van der Waals surface area contributed by atoms with E-state index >= 15 is 0 Å². The van der Waals surface area contributed by atoms with E-state index in [4.69, 9.17) is 0 Å². The third-order valence-corrected chi connectivity index (χ3v) is 4.80. The number of hydrogen-bond acceptors (Lipinski definition) is 6. The number of amides is 1. The van der Waals surface area contributed by atoms with Crippen molar-refractivity contribution in [3.63, 3.8) is 0 Å². The second-order valence-electron chi connectivity index (χ2n) is 4.70. The van der Waals surface area contributed by atoms with Crippen LogP contribution in [0.4, 0.5) is 10.8 Å². The van der Waals surface area contributed by atoms with E-state index in [-0.39, 0.29) is 5.91 Å². The van der Waals surface area contributed by atoms with Crippen molar-refractivity contribution in [3.8, 4) is 0 Å². The Bertz CT molecular complexity index is 669. The van der Waals surface area contributed by atoms with E-state index in [9.17, 15) is 4.79 Å². The predicted molar refractivity (Wildman–Crippen MR) is 93.9 cm³/mol. The summed E-state index contributed by atoms with van der Waals surface area (Å²) in [7, 11) is 0. The molecule has 0 fully saturated rings. The molecule has 0 radical (unpaired) electrons. The molecule has 0 unspecified atom stereocenters. The minimum absolute atomic E-state index is 0.0484. The van der Waals surface area contributed by atoms with Crippen molar-refractivity contribution in [2.45, 2.75) is 18.2 Å². The summed E-state index contributed by atoms with van der Waals surface area (Å²) in [5.41, 5.74) is 3.09.